The molecule has 0 radical (unpaired) electrons. The Balaban J connectivity index is 1.41. The van der Waals surface area contributed by atoms with Gasteiger partial charge in [-0.25, -0.2) is 4.98 Å². The molecule has 0 atom stereocenters. The number of aromatic amines is 1. The van der Waals surface area contributed by atoms with Gasteiger partial charge in [-0.2, -0.15) is 0 Å². The number of benzene rings is 2. The highest BCUT2D eigenvalue weighted by atomic mass is 16.2. The lowest BCUT2D eigenvalue weighted by Gasteiger charge is -2.29. The maximum Gasteiger partial charge on any atom is 0.222 e. The van der Waals surface area contributed by atoms with Gasteiger partial charge < -0.3 is 20.5 Å². The molecule has 3 aromatic rings. The number of hydrogen-bond acceptors (Lipinski definition) is 5. The fourth-order valence-corrected chi connectivity index (χ4v) is 4.27. The highest BCUT2D eigenvalue weighted by Gasteiger charge is 2.22. The van der Waals surface area contributed by atoms with Gasteiger partial charge in [0.1, 0.15) is 0 Å². The summed E-state index contributed by atoms with van der Waals surface area (Å²) in [6.07, 6.45) is 6.60. The lowest BCUT2D eigenvalue weighted by Crippen LogP contribution is -2.37. The highest BCUT2D eigenvalue weighted by molar-refractivity contribution is 5.81. The molecule has 0 fully saturated rings. The number of aromatic nitrogens is 2. The van der Waals surface area contributed by atoms with Crippen LogP contribution in [0, 0.1) is 0 Å². The zero-order valence-corrected chi connectivity index (χ0v) is 19.6. The average Bonchev–Trinajstić information content (AvgIpc) is 3.59. The fraction of sp³-hybridized carbons (Fsp3) is 0.370. The Morgan fingerprint density at radius 3 is 2.38 bits per heavy atom. The summed E-state index contributed by atoms with van der Waals surface area (Å²) in [5.41, 5.74) is 3.49. The van der Waals surface area contributed by atoms with Crippen molar-refractivity contribution in [2.24, 2.45) is 4.99 Å². The molecule has 3 N–H and O–H groups in total. The summed E-state index contributed by atoms with van der Waals surface area (Å²) < 4.78 is 0. The molecule has 34 heavy (non-hydrogen) atoms. The number of carbonyl (C=O) groups excluding carboxylic acids is 1. The smallest absolute Gasteiger partial charge is 0.222 e. The number of nitrogens with zero attached hydrogens (tertiary/aromatic N) is 3. The van der Waals surface area contributed by atoms with Crippen molar-refractivity contribution in [2.45, 2.75) is 31.6 Å². The van der Waals surface area contributed by atoms with Crippen LogP contribution in [0.15, 0.2) is 78.2 Å². The number of unbranched alkanes of at least 4 members (excludes halogenated alkanes) is 1. The van der Waals surface area contributed by atoms with Crippen molar-refractivity contribution in [1.82, 2.24) is 25.5 Å². The molecule has 0 saturated heterocycles. The van der Waals surface area contributed by atoms with Crippen molar-refractivity contribution < 1.29 is 4.79 Å². The zero-order chi connectivity index (χ0) is 23.4. The molecule has 1 amide bonds. The summed E-state index contributed by atoms with van der Waals surface area (Å²) in [6, 6.07) is 21.0. The number of rotatable bonds is 12. The third-order valence-electron chi connectivity index (χ3n) is 6.15. The molecule has 0 bridgehead atoms. The summed E-state index contributed by atoms with van der Waals surface area (Å²) in [7, 11) is 0. The minimum Gasteiger partial charge on any atom is -0.356 e. The van der Waals surface area contributed by atoms with Crippen molar-refractivity contribution in [3.63, 3.8) is 0 Å². The molecule has 0 spiro atoms. The molecule has 1 aliphatic rings. The summed E-state index contributed by atoms with van der Waals surface area (Å²) >= 11 is 0. The Hall–Kier alpha value is -3.61. The van der Waals surface area contributed by atoms with Gasteiger partial charge in [0, 0.05) is 56.8 Å². The molecule has 4 rings (SSSR count). The van der Waals surface area contributed by atoms with E-state index in [4.69, 9.17) is 0 Å². The monoisotopic (exact) mass is 458 g/mol. The normalized spacial score (nSPS) is 12.9. The molecule has 178 valence electrons. The predicted molar refractivity (Wildman–Crippen MR) is 136 cm³/mol. The largest absolute Gasteiger partial charge is 0.356 e. The molecule has 7 heteroatoms. The Kier molecular flexibility index (Phi) is 8.71. The van der Waals surface area contributed by atoms with Crippen molar-refractivity contribution in [2.75, 3.05) is 32.7 Å². The Morgan fingerprint density at radius 1 is 1.03 bits per heavy atom. The van der Waals surface area contributed by atoms with E-state index in [1.807, 2.05) is 23.2 Å². The molecular formula is C27H34N6O. The van der Waals surface area contributed by atoms with Crippen LogP contribution >= 0.6 is 0 Å². The number of hydrogen-bond donors (Lipinski definition) is 3. The van der Waals surface area contributed by atoms with Crippen LogP contribution in [-0.4, -0.2) is 59.5 Å². The van der Waals surface area contributed by atoms with E-state index >= 15 is 0 Å². The number of H-pyrrole nitrogens is 1. The molecule has 2 aromatic carbocycles. The van der Waals surface area contributed by atoms with Gasteiger partial charge in [-0.1, -0.05) is 60.7 Å². The fourth-order valence-electron chi connectivity index (χ4n) is 4.27. The molecule has 0 aliphatic carbocycles. The van der Waals surface area contributed by atoms with E-state index in [1.54, 1.807) is 6.33 Å². The van der Waals surface area contributed by atoms with E-state index < -0.39 is 0 Å². The number of imidazole rings is 1. The first-order valence-electron chi connectivity index (χ1n) is 12.2. The topological polar surface area (TPSA) is 85.4 Å². The number of nitrogens with one attached hydrogen (secondary N) is 3. The second-order valence-electron chi connectivity index (χ2n) is 8.58. The van der Waals surface area contributed by atoms with Crippen LogP contribution in [0.4, 0.5) is 0 Å². The van der Waals surface area contributed by atoms with Crippen LogP contribution in [0.5, 0.6) is 0 Å². The molecule has 1 aliphatic heterocycles. The van der Waals surface area contributed by atoms with E-state index in [-0.39, 0.29) is 11.8 Å². The number of aliphatic imine (C=N–C) groups is 1. The third kappa shape index (κ3) is 6.94. The lowest BCUT2D eigenvalue weighted by atomic mass is 9.90. The standard InChI is InChI=1S/C27H34N6O/c34-26(13-7-8-15-29-27-30-16-17-31-27)33(18-14-24-19-28-21-32-24)20-25(22-9-3-1-4-10-22)23-11-5-2-6-12-23/h1-6,9-12,19,21,25H,7-8,13-18,20H2,(H,28,32)(H2,29,30,31). The van der Waals surface area contributed by atoms with Crippen LogP contribution in [0.3, 0.4) is 0 Å². The van der Waals surface area contributed by atoms with Crippen LogP contribution in [0.1, 0.15) is 42.0 Å². The first kappa shape index (κ1) is 23.5. The number of amides is 1. The molecular weight excluding hydrogens is 424 g/mol. The van der Waals surface area contributed by atoms with E-state index in [0.29, 0.717) is 19.5 Å². The Bertz CT molecular complexity index is 980. The van der Waals surface area contributed by atoms with E-state index in [9.17, 15) is 4.79 Å². The quantitative estimate of drug-likeness (QED) is 0.364. The average molecular weight is 459 g/mol. The molecule has 7 nitrogen and oxygen atoms in total. The summed E-state index contributed by atoms with van der Waals surface area (Å²) in [5, 5.41) is 6.52. The van der Waals surface area contributed by atoms with Gasteiger partial charge >= 0.3 is 0 Å². The van der Waals surface area contributed by atoms with Gasteiger partial charge in [0.25, 0.3) is 0 Å². The van der Waals surface area contributed by atoms with E-state index in [0.717, 1.165) is 50.6 Å². The predicted octanol–water partition coefficient (Wildman–Crippen LogP) is 3.33. The molecule has 0 unspecified atom stereocenters. The summed E-state index contributed by atoms with van der Waals surface area (Å²) in [5.74, 6) is 1.20. The Labute approximate surface area is 201 Å². The van der Waals surface area contributed by atoms with Crippen LogP contribution in [0.25, 0.3) is 0 Å². The molecule has 1 aromatic heterocycles. The minimum absolute atomic E-state index is 0.126. The van der Waals surface area contributed by atoms with Crippen molar-refractivity contribution >= 4 is 11.9 Å². The third-order valence-corrected chi connectivity index (χ3v) is 6.15. The second kappa shape index (κ2) is 12.6. The lowest BCUT2D eigenvalue weighted by molar-refractivity contribution is -0.131. The van der Waals surface area contributed by atoms with Gasteiger partial charge in [-0.05, 0) is 24.0 Å². The van der Waals surface area contributed by atoms with E-state index in [2.05, 4.69) is 74.1 Å². The minimum atomic E-state index is 0.126. The van der Waals surface area contributed by atoms with Gasteiger partial charge in [-0.3, -0.25) is 9.79 Å². The molecule has 0 saturated carbocycles. The summed E-state index contributed by atoms with van der Waals surface area (Å²) in [6.45, 7) is 3.87. The van der Waals surface area contributed by atoms with Crippen LogP contribution < -0.4 is 10.6 Å². The zero-order valence-electron chi connectivity index (χ0n) is 19.6. The SMILES string of the molecule is O=C(CCCCNC1=NCCN1)N(CCc1cnc[nH]1)CC(c1ccccc1)c1ccccc1. The second-order valence-corrected chi connectivity index (χ2v) is 8.58. The van der Waals surface area contributed by atoms with Crippen LogP contribution in [0.2, 0.25) is 0 Å². The number of carbonyl (C=O) groups is 1. The first-order chi connectivity index (χ1) is 16.8. The molecule has 2 heterocycles. The van der Waals surface area contributed by atoms with Crippen molar-refractivity contribution in [3.05, 3.63) is 90.0 Å². The van der Waals surface area contributed by atoms with Gasteiger partial charge in [-0.15, -0.1) is 0 Å². The van der Waals surface area contributed by atoms with Crippen molar-refractivity contribution in [3.8, 4) is 0 Å². The number of guanidine groups is 1. The summed E-state index contributed by atoms with van der Waals surface area (Å²) in [4.78, 5) is 27.0. The van der Waals surface area contributed by atoms with Gasteiger partial charge in [0.05, 0.1) is 12.9 Å². The van der Waals surface area contributed by atoms with Crippen LogP contribution in [-0.2, 0) is 11.2 Å². The highest BCUT2D eigenvalue weighted by Crippen LogP contribution is 2.26. The van der Waals surface area contributed by atoms with E-state index in [1.165, 1.54) is 11.1 Å². The Morgan fingerprint density at radius 2 is 1.76 bits per heavy atom. The van der Waals surface area contributed by atoms with Crippen molar-refractivity contribution in [1.29, 1.82) is 0 Å². The first-order valence-corrected chi connectivity index (χ1v) is 12.2. The maximum absolute atomic E-state index is 13.4. The maximum atomic E-state index is 13.4. The van der Waals surface area contributed by atoms with Gasteiger partial charge in [0.15, 0.2) is 5.96 Å². The van der Waals surface area contributed by atoms with Gasteiger partial charge in [0.2, 0.25) is 5.91 Å².